The van der Waals surface area contributed by atoms with Crippen LogP contribution in [0, 0.1) is 0 Å². The smallest absolute Gasteiger partial charge is 0.197 e. The van der Waals surface area contributed by atoms with Gasteiger partial charge in [0.05, 0.1) is 10.0 Å². The normalized spacial score (nSPS) is 12.7. The van der Waals surface area contributed by atoms with Crippen LogP contribution in [0.5, 0.6) is 0 Å². The number of oxazole rings is 1. The molecule has 0 fully saturated rings. The van der Waals surface area contributed by atoms with E-state index in [9.17, 15) is 0 Å². The highest BCUT2D eigenvalue weighted by Gasteiger charge is 2.18. The molecule has 0 aliphatic carbocycles. The topological polar surface area (TPSA) is 38.1 Å². The van der Waals surface area contributed by atoms with Crippen LogP contribution in [0.2, 0.25) is 10.0 Å². The number of rotatable bonds is 4. The molecule has 0 bridgehead atoms. The molecule has 5 heteroatoms. The second-order valence-electron chi connectivity index (χ2n) is 4.76. The highest BCUT2D eigenvalue weighted by Crippen LogP contribution is 2.31. The summed E-state index contributed by atoms with van der Waals surface area (Å²) in [6, 6.07) is 13.3. The summed E-state index contributed by atoms with van der Waals surface area (Å²) in [5, 5.41) is 4.35. The molecule has 3 rings (SSSR count). The van der Waals surface area contributed by atoms with Crippen molar-refractivity contribution in [3.63, 3.8) is 0 Å². The van der Waals surface area contributed by atoms with E-state index in [1.54, 1.807) is 6.07 Å². The van der Waals surface area contributed by atoms with Crippen LogP contribution in [0.15, 0.2) is 46.9 Å². The zero-order valence-electron chi connectivity index (χ0n) is 11.4. The van der Waals surface area contributed by atoms with Gasteiger partial charge in [-0.05, 0) is 30.8 Å². The van der Waals surface area contributed by atoms with Gasteiger partial charge in [-0.1, -0.05) is 47.5 Å². The van der Waals surface area contributed by atoms with Gasteiger partial charge in [0, 0.05) is 12.5 Å². The quantitative estimate of drug-likeness (QED) is 0.761. The zero-order valence-corrected chi connectivity index (χ0v) is 12.9. The number of fused-ring (bicyclic) bond motifs is 1. The number of nitrogens with zero attached hydrogens (tertiary/aromatic N) is 1. The second-order valence-corrected chi connectivity index (χ2v) is 5.55. The van der Waals surface area contributed by atoms with Gasteiger partial charge in [-0.25, -0.2) is 4.98 Å². The molecular weight excluding hydrogens is 307 g/mol. The summed E-state index contributed by atoms with van der Waals surface area (Å²) in [6.07, 6.45) is 0.602. The van der Waals surface area contributed by atoms with E-state index in [0.29, 0.717) is 22.4 Å². The number of hydrogen-bond donors (Lipinski definition) is 1. The number of hydrogen-bond acceptors (Lipinski definition) is 3. The van der Waals surface area contributed by atoms with Crippen LogP contribution in [0.1, 0.15) is 17.5 Å². The summed E-state index contributed by atoms with van der Waals surface area (Å²) in [7, 11) is 1.88. The van der Waals surface area contributed by atoms with Gasteiger partial charge in [0.25, 0.3) is 0 Å². The Morgan fingerprint density at radius 2 is 1.95 bits per heavy atom. The first kappa shape index (κ1) is 14.4. The van der Waals surface area contributed by atoms with Gasteiger partial charge in [-0.2, -0.15) is 0 Å². The summed E-state index contributed by atoms with van der Waals surface area (Å²) < 4.78 is 5.76. The Balaban J connectivity index is 1.92. The van der Waals surface area contributed by atoms with Gasteiger partial charge in [0.1, 0.15) is 5.52 Å². The summed E-state index contributed by atoms with van der Waals surface area (Å²) in [4.78, 5) is 4.50. The molecule has 1 heterocycles. The molecule has 0 saturated carbocycles. The second kappa shape index (κ2) is 6.06. The molecule has 3 nitrogen and oxygen atoms in total. The lowest BCUT2D eigenvalue weighted by atomic mass is 10.0. The molecule has 1 N–H and O–H groups in total. The maximum Gasteiger partial charge on any atom is 0.197 e. The molecule has 0 aliphatic heterocycles. The molecule has 108 valence electrons. The van der Waals surface area contributed by atoms with E-state index in [2.05, 4.69) is 10.3 Å². The largest absolute Gasteiger partial charge is 0.441 e. The van der Waals surface area contributed by atoms with Crippen LogP contribution in [0.25, 0.3) is 11.1 Å². The molecule has 1 unspecified atom stereocenters. The monoisotopic (exact) mass is 320 g/mol. The van der Waals surface area contributed by atoms with Crippen LogP contribution in [-0.2, 0) is 6.42 Å². The van der Waals surface area contributed by atoms with E-state index in [1.807, 2.05) is 43.4 Å². The average Bonchev–Trinajstić information content (AvgIpc) is 2.90. The molecular formula is C16H14Cl2N2O. The molecule has 1 aromatic heterocycles. The lowest BCUT2D eigenvalue weighted by molar-refractivity contribution is 0.474. The van der Waals surface area contributed by atoms with E-state index in [-0.39, 0.29) is 6.04 Å². The van der Waals surface area contributed by atoms with Crippen molar-refractivity contribution in [2.75, 3.05) is 7.05 Å². The fraction of sp³-hybridized carbons (Fsp3) is 0.188. The zero-order chi connectivity index (χ0) is 14.8. The third-order valence-corrected chi connectivity index (χ3v) is 4.26. The maximum atomic E-state index is 6.29. The lowest BCUT2D eigenvalue weighted by Crippen LogP contribution is -2.19. The number of nitrogens with one attached hydrogen (secondary N) is 1. The van der Waals surface area contributed by atoms with Crippen LogP contribution in [-0.4, -0.2) is 12.0 Å². The first-order chi connectivity index (χ1) is 10.2. The molecule has 0 saturated heterocycles. The highest BCUT2D eigenvalue weighted by molar-refractivity contribution is 6.42. The minimum atomic E-state index is -0.00994. The van der Waals surface area contributed by atoms with Crippen molar-refractivity contribution >= 4 is 34.3 Å². The fourth-order valence-corrected chi connectivity index (χ4v) is 2.78. The Bertz CT molecular complexity index is 737. The van der Waals surface area contributed by atoms with Crippen molar-refractivity contribution in [2.45, 2.75) is 12.5 Å². The molecule has 0 spiro atoms. The van der Waals surface area contributed by atoms with Crippen molar-refractivity contribution in [2.24, 2.45) is 0 Å². The number of likely N-dealkylation sites (N-methyl/N-ethyl adjacent to an activating group) is 1. The van der Waals surface area contributed by atoms with Crippen LogP contribution in [0.4, 0.5) is 0 Å². The summed E-state index contributed by atoms with van der Waals surface area (Å²) >= 11 is 12.4. The van der Waals surface area contributed by atoms with E-state index in [4.69, 9.17) is 27.6 Å². The summed E-state index contributed by atoms with van der Waals surface area (Å²) in [5.74, 6) is 0.673. The van der Waals surface area contributed by atoms with Gasteiger partial charge in [0.2, 0.25) is 0 Å². The lowest BCUT2D eigenvalue weighted by Gasteiger charge is -2.16. The third-order valence-electron chi connectivity index (χ3n) is 3.42. The number of benzene rings is 2. The highest BCUT2D eigenvalue weighted by atomic mass is 35.5. The number of para-hydroxylation sites is 2. The minimum absolute atomic E-state index is 0.00994. The third kappa shape index (κ3) is 2.91. The Hall–Kier alpha value is -1.55. The van der Waals surface area contributed by atoms with Crippen molar-refractivity contribution in [3.8, 4) is 0 Å². The van der Waals surface area contributed by atoms with Gasteiger partial charge in [-0.15, -0.1) is 0 Å². The Morgan fingerprint density at radius 3 is 2.71 bits per heavy atom. The molecule has 0 aliphatic rings. The summed E-state index contributed by atoms with van der Waals surface area (Å²) in [6.45, 7) is 0. The minimum Gasteiger partial charge on any atom is -0.441 e. The van der Waals surface area contributed by atoms with Crippen molar-refractivity contribution in [1.29, 1.82) is 0 Å². The van der Waals surface area contributed by atoms with Crippen molar-refractivity contribution < 1.29 is 4.42 Å². The summed E-state index contributed by atoms with van der Waals surface area (Å²) in [5.41, 5.74) is 2.59. The first-order valence-corrected chi connectivity index (χ1v) is 7.40. The Morgan fingerprint density at radius 1 is 1.14 bits per heavy atom. The predicted molar refractivity (Wildman–Crippen MR) is 86.0 cm³/mol. The van der Waals surface area contributed by atoms with Crippen LogP contribution < -0.4 is 5.32 Å². The maximum absolute atomic E-state index is 6.29. The molecule has 2 aromatic carbocycles. The van der Waals surface area contributed by atoms with E-state index in [1.165, 1.54) is 0 Å². The van der Waals surface area contributed by atoms with E-state index < -0.39 is 0 Å². The van der Waals surface area contributed by atoms with Gasteiger partial charge < -0.3 is 9.73 Å². The standard InChI is InChI=1S/C16H14Cl2N2O/c1-19-13(10-5-4-6-11(17)16(10)18)9-15-20-12-7-2-3-8-14(12)21-15/h2-8,13,19H,9H2,1H3. The predicted octanol–water partition coefficient (Wildman–Crippen LogP) is 4.64. The van der Waals surface area contributed by atoms with Crippen LogP contribution in [0.3, 0.4) is 0 Å². The molecule has 0 amide bonds. The number of halogens is 2. The van der Waals surface area contributed by atoms with Gasteiger partial charge in [-0.3, -0.25) is 0 Å². The Kier molecular flexibility index (Phi) is 4.15. The van der Waals surface area contributed by atoms with Crippen molar-refractivity contribution in [3.05, 3.63) is 64.0 Å². The molecule has 0 radical (unpaired) electrons. The van der Waals surface area contributed by atoms with Gasteiger partial charge in [0.15, 0.2) is 11.5 Å². The average molecular weight is 321 g/mol. The Labute approximate surface area is 132 Å². The molecule has 1 atom stereocenters. The fourth-order valence-electron chi connectivity index (χ4n) is 2.34. The van der Waals surface area contributed by atoms with E-state index >= 15 is 0 Å². The number of aromatic nitrogens is 1. The first-order valence-electron chi connectivity index (χ1n) is 6.64. The van der Waals surface area contributed by atoms with E-state index in [0.717, 1.165) is 16.7 Å². The van der Waals surface area contributed by atoms with Crippen LogP contribution >= 0.6 is 23.2 Å². The molecule has 3 aromatic rings. The SMILES string of the molecule is CNC(Cc1nc2ccccc2o1)c1cccc(Cl)c1Cl. The molecule has 21 heavy (non-hydrogen) atoms. The van der Waals surface area contributed by atoms with Gasteiger partial charge >= 0.3 is 0 Å². The van der Waals surface area contributed by atoms with Crippen molar-refractivity contribution in [1.82, 2.24) is 10.3 Å².